The zero-order valence-electron chi connectivity index (χ0n) is 14.4. The maximum atomic E-state index is 12.3. The van der Waals surface area contributed by atoms with E-state index in [0.717, 1.165) is 17.0 Å². The van der Waals surface area contributed by atoms with Crippen molar-refractivity contribution in [3.63, 3.8) is 0 Å². The SMILES string of the molecule is CCS(=O)(=O)c1cccc(CC(=O)Nc2c(C)cc(C)nc2C)c1. The molecule has 128 valence electrons. The lowest BCUT2D eigenvalue weighted by Crippen LogP contribution is -2.17. The van der Waals surface area contributed by atoms with Gasteiger partial charge in [0, 0.05) is 5.69 Å². The molecule has 1 heterocycles. The number of sulfone groups is 1. The first-order valence-corrected chi connectivity index (χ1v) is 9.44. The minimum Gasteiger partial charge on any atom is -0.324 e. The quantitative estimate of drug-likeness (QED) is 0.903. The van der Waals surface area contributed by atoms with E-state index in [0.29, 0.717) is 11.3 Å². The van der Waals surface area contributed by atoms with E-state index in [2.05, 4.69) is 10.3 Å². The number of carbonyl (C=O) groups is 1. The van der Waals surface area contributed by atoms with Gasteiger partial charge in [-0.05, 0) is 50.1 Å². The third-order valence-electron chi connectivity index (χ3n) is 3.79. The predicted molar refractivity (Wildman–Crippen MR) is 95.0 cm³/mol. The molecule has 0 saturated heterocycles. The van der Waals surface area contributed by atoms with Gasteiger partial charge in [-0.15, -0.1) is 0 Å². The number of aryl methyl sites for hydroxylation is 3. The molecule has 1 aromatic carbocycles. The number of hydrogen-bond donors (Lipinski definition) is 1. The highest BCUT2D eigenvalue weighted by Gasteiger charge is 2.14. The number of nitrogens with one attached hydrogen (secondary N) is 1. The van der Waals surface area contributed by atoms with Crippen molar-refractivity contribution in [1.82, 2.24) is 4.98 Å². The molecule has 1 aromatic heterocycles. The number of anilines is 1. The minimum atomic E-state index is -3.28. The smallest absolute Gasteiger partial charge is 0.228 e. The van der Waals surface area contributed by atoms with Crippen LogP contribution in [0.15, 0.2) is 35.2 Å². The van der Waals surface area contributed by atoms with Gasteiger partial charge in [0.05, 0.1) is 28.5 Å². The summed E-state index contributed by atoms with van der Waals surface area (Å²) in [7, 11) is -3.28. The summed E-state index contributed by atoms with van der Waals surface area (Å²) in [5.74, 6) is -0.159. The van der Waals surface area contributed by atoms with Crippen molar-refractivity contribution in [2.24, 2.45) is 0 Å². The lowest BCUT2D eigenvalue weighted by atomic mass is 10.1. The second-order valence-corrected chi connectivity index (χ2v) is 8.09. The second kappa shape index (κ2) is 7.13. The van der Waals surface area contributed by atoms with E-state index < -0.39 is 9.84 Å². The Kier molecular flexibility index (Phi) is 5.39. The zero-order valence-corrected chi connectivity index (χ0v) is 15.2. The molecule has 0 unspecified atom stereocenters. The average molecular weight is 346 g/mol. The molecule has 0 atom stereocenters. The summed E-state index contributed by atoms with van der Waals surface area (Å²) in [6.45, 7) is 7.28. The van der Waals surface area contributed by atoms with E-state index in [-0.39, 0.29) is 23.0 Å². The van der Waals surface area contributed by atoms with Crippen LogP contribution >= 0.6 is 0 Å². The first-order chi connectivity index (χ1) is 11.2. The van der Waals surface area contributed by atoms with E-state index in [1.807, 2.05) is 26.8 Å². The molecule has 1 amide bonds. The molecule has 6 heteroatoms. The number of hydrogen-bond acceptors (Lipinski definition) is 4. The molecule has 0 spiro atoms. The van der Waals surface area contributed by atoms with Gasteiger partial charge in [-0.2, -0.15) is 0 Å². The molecule has 2 aromatic rings. The van der Waals surface area contributed by atoms with Crippen LogP contribution in [0.4, 0.5) is 5.69 Å². The fourth-order valence-corrected chi connectivity index (χ4v) is 3.55. The van der Waals surface area contributed by atoms with Gasteiger partial charge < -0.3 is 5.32 Å². The highest BCUT2D eigenvalue weighted by atomic mass is 32.2. The Labute approximate surface area is 143 Å². The Balaban J connectivity index is 2.18. The lowest BCUT2D eigenvalue weighted by Gasteiger charge is -2.12. The van der Waals surface area contributed by atoms with Gasteiger partial charge in [0.2, 0.25) is 5.91 Å². The summed E-state index contributed by atoms with van der Waals surface area (Å²) >= 11 is 0. The molecule has 0 saturated carbocycles. The number of benzene rings is 1. The number of carbonyl (C=O) groups excluding carboxylic acids is 1. The van der Waals surface area contributed by atoms with Crippen LogP contribution in [0.2, 0.25) is 0 Å². The summed E-state index contributed by atoms with van der Waals surface area (Å²) in [5, 5.41) is 2.88. The fraction of sp³-hybridized carbons (Fsp3) is 0.333. The van der Waals surface area contributed by atoms with Crippen LogP contribution in [-0.4, -0.2) is 25.1 Å². The van der Waals surface area contributed by atoms with Crippen LogP contribution in [-0.2, 0) is 21.1 Å². The van der Waals surface area contributed by atoms with Gasteiger partial charge >= 0.3 is 0 Å². The summed E-state index contributed by atoms with van der Waals surface area (Å²) in [4.78, 5) is 16.9. The second-order valence-electron chi connectivity index (χ2n) is 5.82. The van der Waals surface area contributed by atoms with Crippen molar-refractivity contribution in [2.75, 3.05) is 11.1 Å². The number of pyridine rings is 1. The molecule has 0 radical (unpaired) electrons. The third-order valence-corrected chi connectivity index (χ3v) is 5.52. The monoisotopic (exact) mass is 346 g/mol. The van der Waals surface area contributed by atoms with Gasteiger partial charge in [0.1, 0.15) is 0 Å². The van der Waals surface area contributed by atoms with E-state index in [1.54, 1.807) is 31.2 Å². The van der Waals surface area contributed by atoms with Gasteiger partial charge in [-0.1, -0.05) is 19.1 Å². The molecule has 0 aliphatic rings. The first-order valence-electron chi connectivity index (χ1n) is 7.79. The molecule has 24 heavy (non-hydrogen) atoms. The highest BCUT2D eigenvalue weighted by molar-refractivity contribution is 7.91. The minimum absolute atomic E-state index is 0.0378. The van der Waals surface area contributed by atoms with E-state index in [4.69, 9.17) is 0 Å². The highest BCUT2D eigenvalue weighted by Crippen LogP contribution is 2.20. The van der Waals surface area contributed by atoms with Crippen LogP contribution in [0, 0.1) is 20.8 Å². The van der Waals surface area contributed by atoms with Crippen LogP contribution in [0.5, 0.6) is 0 Å². The Morgan fingerprint density at radius 2 is 1.88 bits per heavy atom. The molecule has 0 aliphatic heterocycles. The van der Waals surface area contributed by atoms with Crippen LogP contribution in [0.25, 0.3) is 0 Å². The molecule has 0 aliphatic carbocycles. The van der Waals surface area contributed by atoms with Crippen molar-refractivity contribution in [3.8, 4) is 0 Å². The van der Waals surface area contributed by atoms with Crippen molar-refractivity contribution < 1.29 is 13.2 Å². The molecule has 0 fully saturated rings. The number of rotatable bonds is 5. The van der Waals surface area contributed by atoms with Gasteiger partial charge in [0.25, 0.3) is 0 Å². The van der Waals surface area contributed by atoms with Crippen molar-refractivity contribution in [1.29, 1.82) is 0 Å². The van der Waals surface area contributed by atoms with Crippen molar-refractivity contribution in [3.05, 3.63) is 52.8 Å². The van der Waals surface area contributed by atoms with Gasteiger partial charge in [-0.25, -0.2) is 8.42 Å². The summed E-state index contributed by atoms with van der Waals surface area (Å²) in [6.07, 6.45) is 0.111. The molecular weight excluding hydrogens is 324 g/mol. The van der Waals surface area contributed by atoms with E-state index in [9.17, 15) is 13.2 Å². The Bertz CT molecular complexity index is 851. The standard InChI is InChI=1S/C18H22N2O3S/c1-5-24(22,23)16-8-6-7-15(10-16)11-17(21)20-18-12(2)9-13(3)19-14(18)4/h6-10H,5,11H2,1-4H3,(H,20,21). The summed E-state index contributed by atoms with van der Waals surface area (Å²) in [6, 6.07) is 8.44. The van der Waals surface area contributed by atoms with Crippen LogP contribution in [0.1, 0.15) is 29.4 Å². The largest absolute Gasteiger partial charge is 0.324 e. The molecule has 2 rings (SSSR count). The average Bonchev–Trinajstić information content (AvgIpc) is 2.51. The van der Waals surface area contributed by atoms with Crippen LogP contribution < -0.4 is 5.32 Å². The van der Waals surface area contributed by atoms with E-state index >= 15 is 0 Å². The Morgan fingerprint density at radius 1 is 1.17 bits per heavy atom. The molecule has 0 bridgehead atoms. The summed E-state index contributed by atoms with van der Waals surface area (Å²) < 4.78 is 23.9. The molecule has 5 nitrogen and oxygen atoms in total. The summed E-state index contributed by atoms with van der Waals surface area (Å²) in [5.41, 5.74) is 4.00. The third kappa shape index (κ3) is 4.20. The zero-order chi connectivity index (χ0) is 17.9. The predicted octanol–water partition coefficient (Wildman–Crippen LogP) is 2.98. The first kappa shape index (κ1) is 18.1. The maximum absolute atomic E-state index is 12.3. The van der Waals surface area contributed by atoms with Crippen molar-refractivity contribution >= 4 is 21.4 Å². The molecular formula is C18H22N2O3S. The Hall–Kier alpha value is -2.21. The lowest BCUT2D eigenvalue weighted by molar-refractivity contribution is -0.115. The normalized spacial score (nSPS) is 11.3. The van der Waals surface area contributed by atoms with Crippen LogP contribution in [0.3, 0.4) is 0 Å². The fourth-order valence-electron chi connectivity index (χ4n) is 2.60. The van der Waals surface area contributed by atoms with Gasteiger partial charge in [-0.3, -0.25) is 9.78 Å². The number of amides is 1. The number of aromatic nitrogens is 1. The Morgan fingerprint density at radius 3 is 2.50 bits per heavy atom. The number of nitrogens with zero attached hydrogens (tertiary/aromatic N) is 1. The maximum Gasteiger partial charge on any atom is 0.228 e. The topological polar surface area (TPSA) is 76.1 Å². The van der Waals surface area contributed by atoms with E-state index in [1.165, 1.54) is 0 Å². The molecule has 1 N–H and O–H groups in total. The van der Waals surface area contributed by atoms with Crippen molar-refractivity contribution in [2.45, 2.75) is 39.0 Å². The van der Waals surface area contributed by atoms with Gasteiger partial charge in [0.15, 0.2) is 9.84 Å².